The summed E-state index contributed by atoms with van der Waals surface area (Å²) in [4.78, 5) is 11.2. The zero-order chi connectivity index (χ0) is 17.0. The molecule has 1 atom stereocenters. The largest absolute Gasteiger partial charge is 0.337 e. The van der Waals surface area contributed by atoms with Crippen LogP contribution in [0.25, 0.3) is 0 Å². The van der Waals surface area contributed by atoms with Gasteiger partial charge in [0.25, 0.3) is 0 Å². The first-order valence-corrected chi connectivity index (χ1v) is 9.11. The second kappa shape index (κ2) is 5.49. The highest BCUT2D eigenvalue weighted by molar-refractivity contribution is 5.41. The number of aromatic amines is 1. The second-order valence-corrected chi connectivity index (χ2v) is 7.89. The zero-order valence-electron chi connectivity index (χ0n) is 14.4. The molecule has 132 valence electrons. The second-order valence-electron chi connectivity index (χ2n) is 7.89. The van der Waals surface area contributed by atoms with Crippen molar-refractivity contribution in [2.75, 3.05) is 25.0 Å². The van der Waals surface area contributed by atoms with Crippen molar-refractivity contribution in [2.45, 2.75) is 43.8 Å². The summed E-state index contributed by atoms with van der Waals surface area (Å²) in [6.45, 7) is 1.97. The number of fused-ring (bicyclic) bond motifs is 1. The number of nitrogens with one attached hydrogen (secondary N) is 2. The van der Waals surface area contributed by atoms with Crippen LogP contribution in [0.5, 0.6) is 0 Å². The van der Waals surface area contributed by atoms with Gasteiger partial charge in [0.05, 0.1) is 5.69 Å². The molecule has 6 rings (SSSR count). The molecule has 2 saturated heterocycles. The Morgan fingerprint density at radius 1 is 1.40 bits per heavy atom. The van der Waals surface area contributed by atoms with Crippen LogP contribution in [0.2, 0.25) is 0 Å². The molecule has 0 amide bonds. The van der Waals surface area contributed by atoms with Gasteiger partial charge in [0.15, 0.2) is 6.17 Å². The molecule has 4 heterocycles. The van der Waals surface area contributed by atoms with Gasteiger partial charge in [-0.3, -0.25) is 5.10 Å². The molecule has 4 fully saturated rings. The van der Waals surface area contributed by atoms with E-state index in [0.29, 0.717) is 34.7 Å². The van der Waals surface area contributed by atoms with Gasteiger partial charge in [0.1, 0.15) is 5.69 Å². The van der Waals surface area contributed by atoms with E-state index in [0.717, 1.165) is 18.8 Å². The minimum Gasteiger partial charge on any atom is -0.337 e. The topological polar surface area (TPSA) is 69.7 Å². The van der Waals surface area contributed by atoms with Crippen LogP contribution in [0.15, 0.2) is 18.3 Å². The molecule has 4 aliphatic rings. The Balaban J connectivity index is 1.36. The number of nitrogens with zero attached hydrogens (tertiary/aromatic N) is 4. The van der Waals surface area contributed by atoms with E-state index in [1.54, 1.807) is 12.3 Å². The lowest BCUT2D eigenvalue weighted by molar-refractivity contribution is 0.196. The third kappa shape index (κ3) is 2.52. The predicted molar refractivity (Wildman–Crippen MR) is 92.3 cm³/mol. The Labute approximate surface area is 146 Å². The van der Waals surface area contributed by atoms with Gasteiger partial charge < -0.3 is 10.2 Å². The highest BCUT2D eigenvalue weighted by Gasteiger charge is 2.55. The van der Waals surface area contributed by atoms with Crippen molar-refractivity contribution in [1.82, 2.24) is 25.5 Å². The minimum absolute atomic E-state index is 0.343. The number of rotatable bonds is 6. The van der Waals surface area contributed by atoms with Crippen molar-refractivity contribution in [3.05, 3.63) is 35.4 Å². The van der Waals surface area contributed by atoms with Gasteiger partial charge in [0.2, 0.25) is 5.95 Å². The molecule has 6 nitrogen and oxygen atoms in total. The third-order valence-corrected chi connectivity index (χ3v) is 5.91. The number of H-pyrrole nitrogens is 1. The molecule has 2 bridgehead atoms. The number of hydrogen-bond acceptors (Lipinski definition) is 5. The summed E-state index contributed by atoms with van der Waals surface area (Å²) in [5, 5.41) is 10.4. The number of hydrogen-bond donors (Lipinski definition) is 2. The van der Waals surface area contributed by atoms with E-state index in [-0.39, 0.29) is 0 Å². The maximum atomic E-state index is 14.9. The van der Waals surface area contributed by atoms with Gasteiger partial charge in [-0.25, -0.2) is 14.4 Å². The van der Waals surface area contributed by atoms with E-state index in [4.69, 9.17) is 0 Å². The zero-order valence-corrected chi connectivity index (χ0v) is 14.4. The average molecular weight is 342 g/mol. The van der Waals surface area contributed by atoms with Crippen molar-refractivity contribution in [2.24, 2.45) is 5.41 Å². The first-order chi connectivity index (χ1) is 12.2. The third-order valence-electron chi connectivity index (χ3n) is 5.91. The lowest BCUT2D eigenvalue weighted by atomic mass is 9.70. The molecule has 0 radical (unpaired) electrons. The summed E-state index contributed by atoms with van der Waals surface area (Å²) in [7, 11) is 2.00. The fourth-order valence-corrected chi connectivity index (χ4v) is 4.47. The fourth-order valence-electron chi connectivity index (χ4n) is 4.47. The molecule has 7 heteroatoms. The summed E-state index contributed by atoms with van der Waals surface area (Å²) in [5.74, 6) is 1.19. The highest BCUT2D eigenvalue weighted by Crippen LogP contribution is 2.52. The van der Waals surface area contributed by atoms with E-state index in [9.17, 15) is 4.39 Å². The van der Waals surface area contributed by atoms with Crippen LogP contribution in [0.1, 0.15) is 54.9 Å². The van der Waals surface area contributed by atoms with E-state index < -0.39 is 6.17 Å². The van der Waals surface area contributed by atoms with Gasteiger partial charge in [0, 0.05) is 42.4 Å². The number of alkyl halides is 1. The predicted octanol–water partition coefficient (Wildman–Crippen LogP) is 2.32. The molecule has 0 spiro atoms. The normalized spacial score (nSPS) is 28.9. The van der Waals surface area contributed by atoms with Crippen molar-refractivity contribution in [3.63, 3.8) is 0 Å². The first-order valence-electron chi connectivity index (χ1n) is 9.11. The van der Waals surface area contributed by atoms with Crippen LogP contribution in [0, 0.1) is 5.41 Å². The quantitative estimate of drug-likeness (QED) is 0.843. The van der Waals surface area contributed by atoms with Crippen LogP contribution >= 0.6 is 0 Å². The Hall–Kier alpha value is -2.02. The van der Waals surface area contributed by atoms with E-state index in [1.165, 1.54) is 25.7 Å². The minimum atomic E-state index is -1.31. The van der Waals surface area contributed by atoms with Gasteiger partial charge in [-0.1, -0.05) is 0 Å². The van der Waals surface area contributed by atoms with Gasteiger partial charge in [-0.05, 0) is 44.9 Å². The van der Waals surface area contributed by atoms with E-state index >= 15 is 0 Å². The van der Waals surface area contributed by atoms with Crippen LogP contribution in [0.4, 0.5) is 10.3 Å². The van der Waals surface area contributed by atoms with Gasteiger partial charge in [-0.2, -0.15) is 5.10 Å². The molecule has 2 aliphatic heterocycles. The standard InChI is InChI=1S/C18H23FN6/c1-20-9-18-7-12(8-18)25(10-18)17-21-5-4-13(22-17)16(19)15-6-14(23-24-15)11-2-3-11/h4-6,11-12,16,20H,2-3,7-10H2,1H3,(H,23,24). The van der Waals surface area contributed by atoms with Crippen molar-refractivity contribution in [1.29, 1.82) is 0 Å². The molecule has 2 saturated carbocycles. The van der Waals surface area contributed by atoms with Crippen molar-refractivity contribution >= 4 is 5.95 Å². The summed E-state index contributed by atoms with van der Waals surface area (Å²) < 4.78 is 14.9. The van der Waals surface area contributed by atoms with Gasteiger partial charge >= 0.3 is 0 Å². The van der Waals surface area contributed by atoms with Crippen molar-refractivity contribution in [3.8, 4) is 0 Å². The van der Waals surface area contributed by atoms with Crippen LogP contribution in [-0.2, 0) is 0 Å². The Bertz CT molecular complexity index is 779. The fraction of sp³-hybridized carbons (Fsp3) is 0.611. The molecule has 2 aromatic heterocycles. The van der Waals surface area contributed by atoms with Crippen LogP contribution in [0.3, 0.4) is 0 Å². The summed E-state index contributed by atoms with van der Waals surface area (Å²) in [6.07, 6.45) is 5.03. The Morgan fingerprint density at radius 3 is 3.00 bits per heavy atom. The average Bonchev–Trinajstić information content (AvgIpc) is 3.06. The number of halogens is 1. The molecular weight excluding hydrogens is 319 g/mol. The lowest BCUT2D eigenvalue weighted by Crippen LogP contribution is -2.41. The Kier molecular flexibility index (Phi) is 3.35. The number of anilines is 1. The monoisotopic (exact) mass is 342 g/mol. The SMILES string of the molecule is CNCC12CC(C1)N(c1nccc(C(F)c3cc(C4CC4)[nH]n3)n1)C2. The van der Waals surface area contributed by atoms with Crippen LogP contribution < -0.4 is 10.2 Å². The van der Waals surface area contributed by atoms with Crippen molar-refractivity contribution < 1.29 is 4.39 Å². The van der Waals surface area contributed by atoms with Crippen LogP contribution in [-0.4, -0.2) is 46.3 Å². The summed E-state index contributed by atoms with van der Waals surface area (Å²) in [6, 6.07) is 4.00. The number of aromatic nitrogens is 4. The molecule has 25 heavy (non-hydrogen) atoms. The van der Waals surface area contributed by atoms with E-state index in [1.807, 2.05) is 13.1 Å². The molecular formula is C18H23FN6. The Morgan fingerprint density at radius 2 is 2.24 bits per heavy atom. The van der Waals surface area contributed by atoms with Gasteiger partial charge in [-0.15, -0.1) is 0 Å². The molecule has 0 aromatic carbocycles. The first kappa shape index (κ1) is 15.3. The lowest BCUT2D eigenvalue weighted by Gasteiger charge is -2.36. The maximum absolute atomic E-state index is 14.9. The molecule has 2 N–H and O–H groups in total. The smallest absolute Gasteiger partial charge is 0.225 e. The molecule has 2 aliphatic carbocycles. The summed E-state index contributed by atoms with van der Waals surface area (Å²) in [5.41, 5.74) is 2.20. The molecule has 1 unspecified atom stereocenters. The summed E-state index contributed by atoms with van der Waals surface area (Å²) >= 11 is 0. The van der Waals surface area contributed by atoms with E-state index in [2.05, 4.69) is 30.4 Å². The maximum Gasteiger partial charge on any atom is 0.225 e. The highest BCUT2D eigenvalue weighted by atomic mass is 19.1. The molecule has 2 aromatic rings.